The van der Waals surface area contributed by atoms with E-state index < -0.39 is 0 Å². The van der Waals surface area contributed by atoms with Gasteiger partial charge >= 0.3 is 0 Å². The zero-order valence-electron chi connectivity index (χ0n) is 12.5. The Labute approximate surface area is 117 Å². The summed E-state index contributed by atoms with van der Waals surface area (Å²) in [7, 11) is 0. The van der Waals surface area contributed by atoms with E-state index in [2.05, 4.69) is 24.4 Å². The minimum Gasteiger partial charge on any atom is -0.491 e. The summed E-state index contributed by atoms with van der Waals surface area (Å²) in [6.45, 7) is 9.05. The topological polar surface area (TPSA) is 47.3 Å². The third-order valence-corrected chi connectivity index (χ3v) is 3.23. The van der Waals surface area contributed by atoms with Gasteiger partial charge in [-0.2, -0.15) is 0 Å². The van der Waals surface area contributed by atoms with Gasteiger partial charge in [0.05, 0.1) is 6.10 Å². The van der Waals surface area contributed by atoms with Gasteiger partial charge in [-0.1, -0.05) is 25.5 Å². The first-order chi connectivity index (χ1) is 9.15. The second kappa shape index (κ2) is 8.94. The van der Waals surface area contributed by atoms with E-state index in [-0.39, 0.29) is 6.10 Å². The van der Waals surface area contributed by atoms with Crippen LogP contribution < -0.4 is 15.8 Å². The van der Waals surface area contributed by atoms with Crippen LogP contribution in [0.3, 0.4) is 0 Å². The van der Waals surface area contributed by atoms with Crippen LogP contribution in [0, 0.1) is 5.92 Å². The molecule has 0 aliphatic heterocycles. The zero-order chi connectivity index (χ0) is 14.1. The minimum absolute atomic E-state index is 0.231. The van der Waals surface area contributed by atoms with E-state index in [1.165, 1.54) is 5.56 Å². The maximum Gasteiger partial charge on any atom is 0.119 e. The Morgan fingerprint density at radius 2 is 1.89 bits per heavy atom. The maximum atomic E-state index is 5.68. The Hall–Kier alpha value is -1.06. The highest BCUT2D eigenvalue weighted by atomic mass is 16.5. The number of rotatable bonds is 9. The molecule has 1 atom stereocenters. The van der Waals surface area contributed by atoms with Gasteiger partial charge in [-0.15, -0.1) is 0 Å². The lowest BCUT2D eigenvalue weighted by molar-refractivity contribution is 0.242. The van der Waals surface area contributed by atoms with Crippen LogP contribution in [0.15, 0.2) is 24.3 Å². The average molecular weight is 264 g/mol. The third-order valence-electron chi connectivity index (χ3n) is 3.23. The van der Waals surface area contributed by atoms with Gasteiger partial charge in [-0.25, -0.2) is 0 Å². The van der Waals surface area contributed by atoms with Crippen LogP contribution in [-0.4, -0.2) is 25.7 Å². The molecule has 3 heteroatoms. The van der Waals surface area contributed by atoms with Gasteiger partial charge in [-0.05, 0) is 63.5 Å². The van der Waals surface area contributed by atoms with Gasteiger partial charge in [0.1, 0.15) is 5.75 Å². The maximum absolute atomic E-state index is 5.68. The largest absolute Gasteiger partial charge is 0.491 e. The summed E-state index contributed by atoms with van der Waals surface area (Å²) < 4.78 is 5.63. The summed E-state index contributed by atoms with van der Waals surface area (Å²) in [5.74, 6) is 1.54. The van der Waals surface area contributed by atoms with Crippen LogP contribution in [0.1, 0.15) is 32.8 Å². The van der Waals surface area contributed by atoms with Crippen molar-refractivity contribution >= 4 is 0 Å². The molecule has 0 saturated heterocycles. The lowest BCUT2D eigenvalue weighted by Crippen LogP contribution is -2.29. The quantitative estimate of drug-likeness (QED) is 0.674. The highest BCUT2D eigenvalue weighted by molar-refractivity contribution is 5.27. The molecule has 0 spiro atoms. The molecule has 0 aliphatic rings. The minimum atomic E-state index is 0.231. The molecule has 3 nitrogen and oxygen atoms in total. The highest BCUT2D eigenvalue weighted by Gasteiger charge is 2.02. The van der Waals surface area contributed by atoms with Crippen molar-refractivity contribution in [3.05, 3.63) is 29.8 Å². The van der Waals surface area contributed by atoms with Crippen LogP contribution in [0.25, 0.3) is 0 Å². The summed E-state index contributed by atoms with van der Waals surface area (Å²) in [5.41, 5.74) is 7.02. The fourth-order valence-corrected chi connectivity index (χ4v) is 1.94. The molecule has 0 radical (unpaired) electrons. The fourth-order valence-electron chi connectivity index (χ4n) is 1.94. The Morgan fingerprint density at radius 1 is 1.21 bits per heavy atom. The smallest absolute Gasteiger partial charge is 0.119 e. The Bertz CT molecular complexity index is 331. The van der Waals surface area contributed by atoms with Crippen molar-refractivity contribution in [2.75, 3.05) is 19.6 Å². The molecule has 1 aromatic rings. The monoisotopic (exact) mass is 264 g/mol. The lowest BCUT2D eigenvalue weighted by Gasteiger charge is -2.13. The molecule has 0 bridgehead atoms. The molecule has 1 unspecified atom stereocenters. The van der Waals surface area contributed by atoms with Crippen LogP contribution in [0.4, 0.5) is 0 Å². The van der Waals surface area contributed by atoms with Gasteiger partial charge in [-0.3, -0.25) is 0 Å². The fraction of sp³-hybridized carbons (Fsp3) is 0.625. The van der Waals surface area contributed by atoms with E-state index in [0.29, 0.717) is 5.92 Å². The van der Waals surface area contributed by atoms with Gasteiger partial charge in [0.2, 0.25) is 0 Å². The normalized spacial score (nSPS) is 12.7. The molecule has 0 saturated carbocycles. The Balaban J connectivity index is 2.26. The number of hydrogen-bond acceptors (Lipinski definition) is 3. The van der Waals surface area contributed by atoms with Crippen molar-refractivity contribution in [3.8, 4) is 5.75 Å². The SMILES string of the molecule is CCC(CN)CNCCc1ccc(OC(C)C)cc1. The van der Waals surface area contributed by atoms with E-state index >= 15 is 0 Å². The number of nitrogens with one attached hydrogen (secondary N) is 1. The molecule has 3 N–H and O–H groups in total. The van der Waals surface area contributed by atoms with E-state index in [0.717, 1.165) is 38.2 Å². The van der Waals surface area contributed by atoms with Crippen LogP contribution in [-0.2, 0) is 6.42 Å². The molecule has 0 amide bonds. The summed E-state index contributed by atoms with van der Waals surface area (Å²) in [4.78, 5) is 0. The van der Waals surface area contributed by atoms with Crippen LogP contribution in [0.2, 0.25) is 0 Å². The molecular formula is C16H28N2O. The molecule has 108 valence electrons. The lowest BCUT2D eigenvalue weighted by atomic mass is 10.1. The van der Waals surface area contributed by atoms with E-state index in [9.17, 15) is 0 Å². The molecule has 0 aliphatic carbocycles. The molecule has 0 aromatic heterocycles. The van der Waals surface area contributed by atoms with Gasteiger partial charge in [0.15, 0.2) is 0 Å². The van der Waals surface area contributed by atoms with Crippen LogP contribution in [0.5, 0.6) is 5.75 Å². The number of ether oxygens (including phenoxy) is 1. The average Bonchev–Trinajstić information content (AvgIpc) is 2.40. The first kappa shape index (κ1) is 16.0. The van der Waals surface area contributed by atoms with Gasteiger partial charge < -0.3 is 15.8 Å². The predicted molar refractivity (Wildman–Crippen MR) is 81.6 cm³/mol. The van der Waals surface area contributed by atoms with Gasteiger partial charge in [0.25, 0.3) is 0 Å². The molecule has 19 heavy (non-hydrogen) atoms. The summed E-state index contributed by atoms with van der Waals surface area (Å²) in [6.07, 6.45) is 2.42. The Morgan fingerprint density at radius 3 is 2.42 bits per heavy atom. The van der Waals surface area contributed by atoms with Crippen molar-refractivity contribution in [1.29, 1.82) is 0 Å². The molecule has 0 heterocycles. The second-order valence-electron chi connectivity index (χ2n) is 5.27. The first-order valence-corrected chi connectivity index (χ1v) is 7.32. The second-order valence-corrected chi connectivity index (χ2v) is 5.27. The molecular weight excluding hydrogens is 236 g/mol. The van der Waals surface area contributed by atoms with Crippen molar-refractivity contribution in [1.82, 2.24) is 5.32 Å². The van der Waals surface area contributed by atoms with E-state index in [1.807, 2.05) is 26.0 Å². The third kappa shape index (κ3) is 6.60. The van der Waals surface area contributed by atoms with Gasteiger partial charge in [0, 0.05) is 0 Å². The van der Waals surface area contributed by atoms with Crippen molar-refractivity contribution < 1.29 is 4.74 Å². The highest BCUT2D eigenvalue weighted by Crippen LogP contribution is 2.13. The summed E-state index contributed by atoms with van der Waals surface area (Å²) in [6, 6.07) is 8.37. The number of benzene rings is 1. The zero-order valence-corrected chi connectivity index (χ0v) is 12.5. The first-order valence-electron chi connectivity index (χ1n) is 7.32. The van der Waals surface area contributed by atoms with Crippen molar-refractivity contribution in [2.24, 2.45) is 11.7 Å². The summed E-state index contributed by atoms with van der Waals surface area (Å²) >= 11 is 0. The van der Waals surface area contributed by atoms with E-state index in [4.69, 9.17) is 10.5 Å². The van der Waals surface area contributed by atoms with Crippen LogP contribution >= 0.6 is 0 Å². The molecule has 1 aromatic carbocycles. The number of nitrogens with two attached hydrogens (primary N) is 1. The molecule has 1 rings (SSSR count). The number of hydrogen-bond donors (Lipinski definition) is 2. The Kier molecular flexibility index (Phi) is 7.53. The predicted octanol–water partition coefficient (Wildman–Crippen LogP) is 2.59. The van der Waals surface area contributed by atoms with E-state index in [1.54, 1.807) is 0 Å². The standard InChI is InChI=1S/C16H28N2O/c1-4-14(11-17)12-18-10-9-15-5-7-16(8-6-15)19-13(2)3/h5-8,13-14,18H,4,9-12,17H2,1-3H3. The molecule has 0 fully saturated rings. The van der Waals surface area contributed by atoms with Crippen molar-refractivity contribution in [3.63, 3.8) is 0 Å². The van der Waals surface area contributed by atoms with Crippen molar-refractivity contribution in [2.45, 2.75) is 39.7 Å². The summed E-state index contributed by atoms with van der Waals surface area (Å²) in [5, 5.41) is 3.47.